The maximum Gasteiger partial charge on any atom is 0.258 e. The molecule has 0 saturated heterocycles. The fourth-order valence-electron chi connectivity index (χ4n) is 5.06. The molecule has 0 bridgehead atoms. The van der Waals surface area contributed by atoms with Crippen LogP contribution in [0, 0.1) is 11.6 Å². The van der Waals surface area contributed by atoms with Gasteiger partial charge >= 0.3 is 0 Å². The molecule has 212 valence electrons. The number of carbonyl (C=O) groups is 1. The van der Waals surface area contributed by atoms with Crippen LogP contribution in [-0.4, -0.2) is 50.0 Å². The second-order valence-corrected chi connectivity index (χ2v) is 9.85. The molecule has 9 nitrogen and oxygen atoms in total. The maximum absolute atomic E-state index is 14.8. The summed E-state index contributed by atoms with van der Waals surface area (Å²) in [5.74, 6) is -0.710. The highest BCUT2D eigenvalue weighted by Crippen LogP contribution is 2.33. The van der Waals surface area contributed by atoms with Crippen LogP contribution in [0.2, 0.25) is 0 Å². The number of nitrogens with zero attached hydrogens (tertiary/aromatic N) is 6. The molecule has 1 aliphatic heterocycles. The summed E-state index contributed by atoms with van der Waals surface area (Å²) >= 11 is 0. The van der Waals surface area contributed by atoms with Crippen LogP contribution in [0.5, 0.6) is 11.5 Å². The predicted molar refractivity (Wildman–Crippen MR) is 149 cm³/mol. The minimum absolute atomic E-state index is 0.0983. The number of ether oxygens (including phenoxy) is 2. The summed E-state index contributed by atoms with van der Waals surface area (Å²) in [5, 5.41) is 7.82. The summed E-state index contributed by atoms with van der Waals surface area (Å²) in [4.78, 5) is 24.4. The van der Waals surface area contributed by atoms with Crippen molar-refractivity contribution in [1.82, 2.24) is 29.9 Å². The Labute approximate surface area is 240 Å². The van der Waals surface area contributed by atoms with E-state index >= 15 is 0 Å². The number of carbonyl (C=O) groups excluding carboxylic acids is 1. The van der Waals surface area contributed by atoms with Crippen LogP contribution in [0.15, 0.2) is 73.1 Å². The number of methoxy groups -OCH3 is 2. The molecule has 42 heavy (non-hydrogen) atoms. The van der Waals surface area contributed by atoms with Crippen molar-refractivity contribution in [3.8, 4) is 22.9 Å². The van der Waals surface area contributed by atoms with Crippen molar-refractivity contribution >= 4 is 5.91 Å². The first kappa shape index (κ1) is 27.0. The average Bonchev–Trinajstić information content (AvgIpc) is 3.61. The van der Waals surface area contributed by atoms with Crippen molar-refractivity contribution in [3.05, 3.63) is 118 Å². The SMILES string of the molecule is COc1ccc(CN2Cc3nc(-c4c(F)cccc4F)nc(Cc4ccc(Cn5ccnn5)cc4)c3C2=O)c(OC)c1. The molecule has 2 aromatic heterocycles. The Kier molecular flexibility index (Phi) is 7.30. The normalized spacial score (nSPS) is 12.5. The molecule has 5 aromatic rings. The zero-order valence-electron chi connectivity index (χ0n) is 22.9. The van der Waals surface area contributed by atoms with Gasteiger partial charge in [0, 0.05) is 24.2 Å². The van der Waals surface area contributed by atoms with Gasteiger partial charge in [-0.3, -0.25) is 4.79 Å². The van der Waals surface area contributed by atoms with Crippen molar-refractivity contribution in [3.63, 3.8) is 0 Å². The second kappa shape index (κ2) is 11.4. The lowest BCUT2D eigenvalue weighted by Crippen LogP contribution is -2.24. The Balaban J connectivity index is 1.35. The monoisotopic (exact) mass is 568 g/mol. The van der Waals surface area contributed by atoms with E-state index in [0.717, 1.165) is 28.8 Å². The summed E-state index contributed by atoms with van der Waals surface area (Å²) < 4.78 is 42.1. The van der Waals surface area contributed by atoms with Gasteiger partial charge in [0.1, 0.15) is 23.1 Å². The molecule has 0 atom stereocenters. The molecule has 11 heteroatoms. The highest BCUT2D eigenvalue weighted by molar-refractivity contribution is 5.99. The van der Waals surface area contributed by atoms with Gasteiger partial charge in [-0.1, -0.05) is 35.5 Å². The minimum Gasteiger partial charge on any atom is -0.497 e. The topological polar surface area (TPSA) is 95.3 Å². The minimum atomic E-state index is -0.775. The first-order chi connectivity index (χ1) is 20.4. The van der Waals surface area contributed by atoms with E-state index in [1.807, 2.05) is 30.3 Å². The summed E-state index contributed by atoms with van der Waals surface area (Å²) in [6.45, 7) is 0.948. The molecule has 1 aliphatic rings. The van der Waals surface area contributed by atoms with Gasteiger partial charge in [-0.25, -0.2) is 23.4 Å². The fourth-order valence-corrected chi connectivity index (χ4v) is 5.06. The molecule has 0 spiro atoms. The van der Waals surface area contributed by atoms with E-state index in [2.05, 4.69) is 20.3 Å². The lowest BCUT2D eigenvalue weighted by Gasteiger charge is -2.18. The molecule has 0 aliphatic carbocycles. The number of aromatic nitrogens is 5. The standard InChI is InChI=1S/C31H26F2N6O3/c1-41-22-11-10-21(27(15-22)42-2)17-38-18-26-29(31(38)40)25(35-30(36-26)28-23(32)4-3-5-24(28)33)14-19-6-8-20(9-7-19)16-39-13-12-34-37-39/h3-13,15H,14,16-18H2,1-2H3. The Morgan fingerprint density at radius 1 is 0.881 bits per heavy atom. The number of amides is 1. The summed E-state index contributed by atoms with van der Waals surface area (Å²) in [6, 6.07) is 16.8. The van der Waals surface area contributed by atoms with Crippen LogP contribution in [0.3, 0.4) is 0 Å². The van der Waals surface area contributed by atoms with Crippen molar-refractivity contribution < 1.29 is 23.0 Å². The van der Waals surface area contributed by atoms with Gasteiger partial charge in [-0.05, 0) is 35.4 Å². The van der Waals surface area contributed by atoms with E-state index in [4.69, 9.17) is 9.47 Å². The zero-order valence-corrected chi connectivity index (χ0v) is 22.9. The number of hydrogen-bond acceptors (Lipinski definition) is 7. The molecule has 0 fully saturated rings. The van der Waals surface area contributed by atoms with Crippen LogP contribution < -0.4 is 9.47 Å². The molecule has 0 N–H and O–H groups in total. The van der Waals surface area contributed by atoms with E-state index < -0.39 is 11.6 Å². The number of hydrogen-bond donors (Lipinski definition) is 0. The lowest BCUT2D eigenvalue weighted by atomic mass is 10.0. The van der Waals surface area contributed by atoms with Crippen LogP contribution in [0.1, 0.15) is 38.4 Å². The van der Waals surface area contributed by atoms with Gasteiger partial charge < -0.3 is 14.4 Å². The van der Waals surface area contributed by atoms with Crippen LogP contribution in [0.25, 0.3) is 11.4 Å². The van der Waals surface area contributed by atoms with Gasteiger partial charge in [0.15, 0.2) is 5.82 Å². The van der Waals surface area contributed by atoms with Gasteiger partial charge in [0.05, 0.1) is 62.6 Å². The lowest BCUT2D eigenvalue weighted by molar-refractivity contribution is 0.0764. The quantitative estimate of drug-likeness (QED) is 0.252. The van der Waals surface area contributed by atoms with Crippen molar-refractivity contribution in [2.45, 2.75) is 26.1 Å². The van der Waals surface area contributed by atoms with Crippen LogP contribution in [0.4, 0.5) is 8.78 Å². The maximum atomic E-state index is 14.8. The van der Waals surface area contributed by atoms with Gasteiger partial charge in [0.25, 0.3) is 5.91 Å². The van der Waals surface area contributed by atoms with Crippen LogP contribution >= 0.6 is 0 Å². The molecular weight excluding hydrogens is 542 g/mol. The van der Waals surface area contributed by atoms with E-state index in [1.54, 1.807) is 48.3 Å². The van der Waals surface area contributed by atoms with Crippen molar-refractivity contribution in [1.29, 1.82) is 0 Å². The summed E-state index contributed by atoms with van der Waals surface area (Å²) in [7, 11) is 3.12. The molecule has 3 aromatic carbocycles. The fraction of sp³-hybridized carbons (Fsp3) is 0.194. The number of fused-ring (bicyclic) bond motifs is 1. The zero-order chi connectivity index (χ0) is 29.2. The Morgan fingerprint density at radius 3 is 2.33 bits per heavy atom. The highest BCUT2D eigenvalue weighted by Gasteiger charge is 2.34. The van der Waals surface area contributed by atoms with Gasteiger partial charge in [0.2, 0.25) is 0 Å². The van der Waals surface area contributed by atoms with Gasteiger partial charge in [-0.2, -0.15) is 0 Å². The molecule has 3 heterocycles. The van der Waals surface area contributed by atoms with Crippen molar-refractivity contribution in [2.75, 3.05) is 14.2 Å². The predicted octanol–water partition coefficient (Wildman–Crippen LogP) is 4.83. The first-order valence-electron chi connectivity index (χ1n) is 13.2. The van der Waals surface area contributed by atoms with Crippen molar-refractivity contribution in [2.24, 2.45) is 0 Å². The molecule has 0 unspecified atom stereocenters. The number of rotatable bonds is 9. The van der Waals surface area contributed by atoms with E-state index in [-0.39, 0.29) is 36.8 Å². The van der Waals surface area contributed by atoms with E-state index in [0.29, 0.717) is 35.0 Å². The Hall–Kier alpha value is -5.19. The third-order valence-electron chi connectivity index (χ3n) is 7.15. The molecule has 6 rings (SSSR count). The summed E-state index contributed by atoms with van der Waals surface area (Å²) in [6.07, 6.45) is 3.66. The first-order valence-corrected chi connectivity index (χ1v) is 13.2. The number of benzene rings is 3. The smallest absolute Gasteiger partial charge is 0.258 e. The molecule has 0 radical (unpaired) electrons. The molecule has 1 amide bonds. The van der Waals surface area contributed by atoms with E-state index in [9.17, 15) is 13.6 Å². The van der Waals surface area contributed by atoms with Crippen LogP contribution in [-0.2, 0) is 26.1 Å². The second-order valence-electron chi connectivity index (χ2n) is 9.85. The van der Waals surface area contributed by atoms with Gasteiger partial charge in [-0.15, -0.1) is 5.10 Å². The average molecular weight is 569 g/mol. The highest BCUT2D eigenvalue weighted by atomic mass is 19.1. The third-order valence-corrected chi connectivity index (χ3v) is 7.15. The number of halogens is 2. The Bertz CT molecular complexity index is 1740. The molecular formula is C31H26F2N6O3. The third kappa shape index (κ3) is 5.28. The molecule has 0 saturated carbocycles. The Morgan fingerprint density at radius 2 is 1.64 bits per heavy atom. The summed E-state index contributed by atoms with van der Waals surface area (Å²) in [5.41, 5.74) is 3.50. The largest absolute Gasteiger partial charge is 0.497 e. The van der Waals surface area contributed by atoms with E-state index in [1.165, 1.54) is 6.07 Å².